The smallest absolute Gasteiger partial charge is 0.243 e. The number of rotatable bonds is 11. The van der Waals surface area contributed by atoms with E-state index in [4.69, 9.17) is 14.7 Å². The zero-order valence-corrected chi connectivity index (χ0v) is 21.4. The summed E-state index contributed by atoms with van der Waals surface area (Å²) in [6.07, 6.45) is 2.38. The van der Waals surface area contributed by atoms with E-state index in [1.165, 1.54) is 0 Å². The van der Waals surface area contributed by atoms with Crippen molar-refractivity contribution in [3.8, 4) is 0 Å². The van der Waals surface area contributed by atoms with E-state index in [-0.39, 0.29) is 50.2 Å². The van der Waals surface area contributed by atoms with Gasteiger partial charge >= 0.3 is 0 Å². The van der Waals surface area contributed by atoms with Gasteiger partial charge in [-0.25, -0.2) is 5.48 Å². The summed E-state index contributed by atoms with van der Waals surface area (Å²) in [5, 5.41) is 30.5. The number of amides is 2. The number of likely N-dealkylation sites (tertiary alicyclic amines) is 1. The van der Waals surface area contributed by atoms with Crippen LogP contribution in [0, 0.1) is 0 Å². The first kappa shape index (κ1) is 28.2. The quantitative estimate of drug-likeness (QED) is 0.222. The summed E-state index contributed by atoms with van der Waals surface area (Å²) in [6, 6.07) is 15.2. The van der Waals surface area contributed by atoms with Gasteiger partial charge in [0, 0.05) is 43.1 Å². The van der Waals surface area contributed by atoms with E-state index in [9.17, 15) is 19.8 Å². The largest absolute Gasteiger partial charge is 0.395 e. The third-order valence-corrected chi connectivity index (χ3v) is 7.16. The number of aliphatic hydroxyl groups excluding tert-OH is 2. The van der Waals surface area contributed by atoms with Crippen LogP contribution in [0.2, 0.25) is 0 Å². The van der Waals surface area contributed by atoms with Crippen molar-refractivity contribution in [2.75, 3.05) is 25.0 Å². The summed E-state index contributed by atoms with van der Waals surface area (Å²) in [5.74, 6) is -0.739. The SMILES string of the molecule is O=C(CCCC(=O)Nc1ccc([C@@H]2O[C@H](CN3CCC[C@H]3CO)C[C@H](c3ccc(CO)cc3)O2)cc1)NO. The van der Waals surface area contributed by atoms with Gasteiger partial charge in [-0.2, -0.15) is 0 Å². The van der Waals surface area contributed by atoms with Gasteiger partial charge in [0.1, 0.15) is 0 Å². The van der Waals surface area contributed by atoms with Crippen molar-refractivity contribution in [3.63, 3.8) is 0 Å². The van der Waals surface area contributed by atoms with Gasteiger partial charge in [-0.1, -0.05) is 36.4 Å². The lowest BCUT2D eigenvalue weighted by Gasteiger charge is -2.38. The van der Waals surface area contributed by atoms with Crippen molar-refractivity contribution < 1.29 is 34.5 Å². The van der Waals surface area contributed by atoms with E-state index in [0.29, 0.717) is 25.1 Å². The molecule has 2 fully saturated rings. The Morgan fingerprint density at radius 3 is 2.34 bits per heavy atom. The molecule has 2 amide bonds. The fourth-order valence-corrected chi connectivity index (χ4v) is 5.05. The number of nitrogens with zero attached hydrogens (tertiary/aromatic N) is 1. The molecule has 2 aromatic rings. The van der Waals surface area contributed by atoms with Crippen molar-refractivity contribution in [2.24, 2.45) is 0 Å². The number of anilines is 1. The minimum atomic E-state index is -0.604. The topological polar surface area (TPSA) is 141 Å². The second kappa shape index (κ2) is 13.8. The number of hydroxylamine groups is 1. The first-order chi connectivity index (χ1) is 18.5. The highest BCUT2D eigenvalue weighted by Crippen LogP contribution is 2.39. The van der Waals surface area contributed by atoms with Crippen LogP contribution in [0.4, 0.5) is 5.69 Å². The molecule has 4 rings (SSSR count). The Kier molecular flexibility index (Phi) is 10.2. The number of carbonyl (C=O) groups excluding carboxylic acids is 2. The van der Waals surface area contributed by atoms with Crippen LogP contribution >= 0.6 is 0 Å². The van der Waals surface area contributed by atoms with Crippen LogP contribution in [0.5, 0.6) is 0 Å². The van der Waals surface area contributed by atoms with Gasteiger partial charge in [-0.05, 0) is 49.1 Å². The maximum atomic E-state index is 12.2. The normalized spacial score (nSPS) is 23.8. The molecule has 2 heterocycles. The van der Waals surface area contributed by atoms with Crippen molar-refractivity contribution in [1.29, 1.82) is 0 Å². The molecule has 2 saturated heterocycles. The van der Waals surface area contributed by atoms with Gasteiger partial charge in [-0.3, -0.25) is 19.7 Å². The number of benzene rings is 2. The zero-order valence-electron chi connectivity index (χ0n) is 21.4. The summed E-state index contributed by atoms with van der Waals surface area (Å²) in [4.78, 5) is 25.6. The molecule has 0 radical (unpaired) electrons. The third kappa shape index (κ3) is 7.59. The second-order valence-electron chi connectivity index (χ2n) is 9.88. The molecule has 2 aliphatic heterocycles. The summed E-state index contributed by atoms with van der Waals surface area (Å²) >= 11 is 0. The second-order valence-corrected chi connectivity index (χ2v) is 9.88. The van der Waals surface area contributed by atoms with Gasteiger partial charge in [0.25, 0.3) is 0 Å². The van der Waals surface area contributed by atoms with Crippen LogP contribution < -0.4 is 10.8 Å². The highest BCUT2D eigenvalue weighted by atomic mass is 16.7. The highest BCUT2D eigenvalue weighted by molar-refractivity contribution is 5.91. The number of ether oxygens (including phenoxy) is 2. The van der Waals surface area contributed by atoms with E-state index in [1.807, 2.05) is 36.4 Å². The first-order valence-corrected chi connectivity index (χ1v) is 13.2. The molecule has 4 atom stereocenters. The average molecular weight is 528 g/mol. The summed E-state index contributed by atoms with van der Waals surface area (Å²) < 4.78 is 12.8. The van der Waals surface area contributed by atoms with Crippen molar-refractivity contribution >= 4 is 17.5 Å². The zero-order chi connectivity index (χ0) is 26.9. The predicted molar refractivity (Wildman–Crippen MR) is 139 cm³/mol. The average Bonchev–Trinajstić information content (AvgIpc) is 3.40. The Balaban J connectivity index is 1.43. The number of carbonyl (C=O) groups is 2. The van der Waals surface area contributed by atoms with E-state index in [2.05, 4.69) is 10.2 Å². The predicted octanol–water partition coefficient (Wildman–Crippen LogP) is 2.80. The maximum absolute atomic E-state index is 12.2. The molecule has 0 spiro atoms. The van der Waals surface area contributed by atoms with E-state index < -0.39 is 12.2 Å². The number of nitrogens with one attached hydrogen (secondary N) is 2. The Labute approximate surface area is 222 Å². The molecular weight excluding hydrogens is 490 g/mol. The minimum absolute atomic E-state index is 0.0153. The van der Waals surface area contributed by atoms with Crippen LogP contribution in [0.15, 0.2) is 48.5 Å². The molecule has 10 nitrogen and oxygen atoms in total. The van der Waals surface area contributed by atoms with E-state index >= 15 is 0 Å². The monoisotopic (exact) mass is 527 g/mol. The minimum Gasteiger partial charge on any atom is -0.395 e. The third-order valence-electron chi connectivity index (χ3n) is 7.16. The summed E-state index contributed by atoms with van der Waals surface area (Å²) in [5.41, 5.74) is 4.85. The maximum Gasteiger partial charge on any atom is 0.243 e. The molecular formula is C28H37N3O7. The van der Waals surface area contributed by atoms with Crippen molar-refractivity contribution in [1.82, 2.24) is 10.4 Å². The van der Waals surface area contributed by atoms with E-state index in [1.54, 1.807) is 17.6 Å². The van der Waals surface area contributed by atoms with Gasteiger partial charge < -0.3 is 25.0 Å². The number of hydrogen-bond donors (Lipinski definition) is 5. The van der Waals surface area contributed by atoms with Gasteiger partial charge in [0.15, 0.2) is 6.29 Å². The number of aliphatic hydroxyl groups is 2. The highest BCUT2D eigenvalue weighted by Gasteiger charge is 2.35. The lowest BCUT2D eigenvalue weighted by Crippen LogP contribution is -2.42. The molecule has 38 heavy (non-hydrogen) atoms. The van der Waals surface area contributed by atoms with Gasteiger partial charge in [0.2, 0.25) is 11.8 Å². The Bertz CT molecular complexity index is 1050. The molecule has 5 N–H and O–H groups in total. The lowest BCUT2D eigenvalue weighted by atomic mass is 9.99. The number of hydrogen-bond acceptors (Lipinski definition) is 8. The van der Waals surface area contributed by atoms with Gasteiger partial charge in [-0.15, -0.1) is 0 Å². The van der Waals surface area contributed by atoms with Crippen LogP contribution in [0.3, 0.4) is 0 Å². The van der Waals surface area contributed by atoms with Gasteiger partial charge in [0.05, 0.1) is 25.4 Å². The molecule has 0 unspecified atom stereocenters. The van der Waals surface area contributed by atoms with Crippen LogP contribution in [-0.2, 0) is 25.7 Å². The van der Waals surface area contributed by atoms with Crippen molar-refractivity contribution in [3.05, 3.63) is 65.2 Å². The van der Waals surface area contributed by atoms with Crippen LogP contribution in [0.25, 0.3) is 0 Å². The van der Waals surface area contributed by atoms with Crippen molar-refractivity contribution in [2.45, 2.75) is 69.7 Å². The standard InChI is InChI=1S/C28H37N3O7/c32-17-19-6-8-20(9-7-19)25-15-24(16-31-14-2-3-23(31)18-33)37-28(38-25)21-10-12-22(13-11-21)29-26(34)4-1-5-27(35)30-36/h6-13,23-25,28,32-33,36H,1-5,14-18H2,(H,29,34)(H,30,35)/t23-,24-,25+,28+/m0/s1. The van der Waals surface area contributed by atoms with Crippen LogP contribution in [0.1, 0.15) is 67.6 Å². The summed E-state index contributed by atoms with van der Waals surface area (Å²) in [6.45, 7) is 1.77. The molecule has 0 bridgehead atoms. The molecule has 0 saturated carbocycles. The fraction of sp³-hybridized carbons (Fsp3) is 0.500. The fourth-order valence-electron chi connectivity index (χ4n) is 5.05. The Morgan fingerprint density at radius 1 is 0.947 bits per heavy atom. The first-order valence-electron chi connectivity index (χ1n) is 13.2. The lowest BCUT2D eigenvalue weighted by molar-refractivity contribution is -0.253. The molecule has 2 aromatic carbocycles. The molecule has 10 heteroatoms. The molecule has 0 aliphatic carbocycles. The molecule has 2 aliphatic rings. The van der Waals surface area contributed by atoms with Crippen LogP contribution in [-0.4, -0.2) is 64.0 Å². The Morgan fingerprint density at radius 2 is 1.66 bits per heavy atom. The molecule has 206 valence electrons. The Hall–Kier alpha value is -2.86. The summed E-state index contributed by atoms with van der Waals surface area (Å²) in [7, 11) is 0. The molecule has 0 aromatic heterocycles. The van der Waals surface area contributed by atoms with E-state index in [0.717, 1.165) is 36.1 Å².